The highest BCUT2D eigenvalue weighted by Crippen LogP contribution is 2.26. The molecule has 2 rings (SSSR count). The molecule has 0 spiro atoms. The van der Waals surface area contributed by atoms with Crippen LogP contribution in [0.25, 0.3) is 0 Å². The highest BCUT2D eigenvalue weighted by atomic mass is 32.2. The fraction of sp³-hybridized carbons (Fsp3) is 0.545. The van der Waals surface area contributed by atoms with Gasteiger partial charge in [-0.2, -0.15) is 0 Å². The largest absolute Gasteiger partial charge is 0.480 e. The zero-order valence-corrected chi connectivity index (χ0v) is 10.6. The van der Waals surface area contributed by atoms with Gasteiger partial charge in [-0.25, -0.2) is 9.78 Å². The van der Waals surface area contributed by atoms with Gasteiger partial charge in [0.25, 0.3) is 0 Å². The quantitative estimate of drug-likeness (QED) is 0.720. The van der Waals surface area contributed by atoms with Crippen LogP contribution < -0.4 is 5.32 Å². The van der Waals surface area contributed by atoms with Crippen molar-refractivity contribution in [3.8, 4) is 0 Å². The van der Waals surface area contributed by atoms with E-state index in [0.29, 0.717) is 5.69 Å². The van der Waals surface area contributed by atoms with Crippen molar-refractivity contribution in [2.45, 2.75) is 30.6 Å². The van der Waals surface area contributed by atoms with Crippen LogP contribution in [0.4, 0.5) is 0 Å². The molecule has 2 heterocycles. The standard InChI is InChI=1S/C11H15N3O3S/c15-10(9-2-1-3-18-9)14-8(11(16)17)4-7-5-12-6-13-7/h5-6,8-9H,1-4H2,(H,12,13)(H,14,15)(H,16,17)/t8-,9?/m0/s1. The summed E-state index contributed by atoms with van der Waals surface area (Å²) in [7, 11) is 0. The highest BCUT2D eigenvalue weighted by Gasteiger charge is 2.28. The molecule has 1 aliphatic heterocycles. The van der Waals surface area contributed by atoms with E-state index in [1.165, 1.54) is 6.33 Å². The molecular formula is C11H15N3O3S. The predicted molar refractivity (Wildman–Crippen MR) is 67.3 cm³/mol. The smallest absolute Gasteiger partial charge is 0.326 e. The van der Waals surface area contributed by atoms with Crippen LogP contribution in [0, 0.1) is 0 Å². The van der Waals surface area contributed by atoms with Crippen LogP contribution in [0.2, 0.25) is 0 Å². The Morgan fingerprint density at radius 3 is 3.06 bits per heavy atom. The van der Waals surface area contributed by atoms with E-state index in [9.17, 15) is 9.59 Å². The maximum absolute atomic E-state index is 11.9. The number of H-pyrrole nitrogens is 1. The lowest BCUT2D eigenvalue weighted by Gasteiger charge is -2.16. The van der Waals surface area contributed by atoms with Crippen molar-refractivity contribution in [1.29, 1.82) is 0 Å². The minimum absolute atomic E-state index is 0.103. The summed E-state index contributed by atoms with van der Waals surface area (Å²) < 4.78 is 0. The van der Waals surface area contributed by atoms with E-state index in [1.807, 2.05) is 0 Å². The summed E-state index contributed by atoms with van der Waals surface area (Å²) in [6.07, 6.45) is 5.11. The number of carboxylic acid groups (broad SMARTS) is 1. The molecule has 18 heavy (non-hydrogen) atoms. The van der Waals surface area contributed by atoms with E-state index in [-0.39, 0.29) is 17.6 Å². The van der Waals surface area contributed by atoms with Gasteiger partial charge in [-0.1, -0.05) is 0 Å². The number of carbonyl (C=O) groups excluding carboxylic acids is 1. The van der Waals surface area contributed by atoms with Crippen LogP contribution in [-0.4, -0.2) is 44.0 Å². The minimum Gasteiger partial charge on any atom is -0.480 e. The molecule has 2 atom stereocenters. The third-order valence-electron chi connectivity index (χ3n) is 2.82. The first kappa shape index (κ1) is 12.9. The second-order valence-electron chi connectivity index (χ2n) is 4.18. The predicted octanol–water partition coefficient (Wildman–Crippen LogP) is 0.417. The number of nitrogens with one attached hydrogen (secondary N) is 2. The third-order valence-corrected chi connectivity index (χ3v) is 4.19. The van der Waals surface area contributed by atoms with E-state index in [4.69, 9.17) is 5.11 Å². The molecule has 3 N–H and O–H groups in total. The molecule has 6 nitrogen and oxygen atoms in total. The number of carbonyl (C=O) groups is 2. The summed E-state index contributed by atoms with van der Waals surface area (Å²) in [5, 5.41) is 11.6. The molecule has 1 fully saturated rings. The number of aromatic nitrogens is 2. The number of carboxylic acids is 1. The van der Waals surface area contributed by atoms with E-state index in [2.05, 4.69) is 15.3 Å². The fourth-order valence-corrected chi connectivity index (χ4v) is 3.04. The molecule has 7 heteroatoms. The maximum atomic E-state index is 11.9. The highest BCUT2D eigenvalue weighted by molar-refractivity contribution is 8.00. The van der Waals surface area contributed by atoms with E-state index >= 15 is 0 Å². The third kappa shape index (κ3) is 3.25. The lowest BCUT2D eigenvalue weighted by atomic mass is 10.1. The van der Waals surface area contributed by atoms with Crippen LogP contribution in [0.15, 0.2) is 12.5 Å². The van der Waals surface area contributed by atoms with Crippen LogP contribution >= 0.6 is 11.8 Å². The molecule has 0 radical (unpaired) electrons. The van der Waals surface area contributed by atoms with Gasteiger partial charge in [0.2, 0.25) is 5.91 Å². The number of rotatable bonds is 5. The molecule has 98 valence electrons. The lowest BCUT2D eigenvalue weighted by Crippen LogP contribution is -2.45. The van der Waals surface area contributed by atoms with Crippen molar-refractivity contribution in [3.63, 3.8) is 0 Å². The number of hydrogen-bond donors (Lipinski definition) is 3. The van der Waals surface area contributed by atoms with Crippen LogP contribution in [0.1, 0.15) is 18.5 Å². The summed E-state index contributed by atoms with van der Waals surface area (Å²) in [6, 6.07) is -0.904. The van der Waals surface area contributed by atoms with Gasteiger partial charge in [-0.05, 0) is 18.6 Å². The fourth-order valence-electron chi connectivity index (χ4n) is 1.87. The molecule has 0 saturated carbocycles. The average molecular weight is 269 g/mol. The summed E-state index contributed by atoms with van der Waals surface area (Å²) >= 11 is 1.59. The number of amides is 1. The van der Waals surface area contributed by atoms with Gasteiger partial charge in [-0.3, -0.25) is 4.79 Å². The Balaban J connectivity index is 1.93. The number of hydrogen-bond acceptors (Lipinski definition) is 4. The zero-order chi connectivity index (χ0) is 13.0. The first-order valence-corrected chi connectivity index (χ1v) is 6.83. The molecule has 0 aliphatic carbocycles. The first-order chi connectivity index (χ1) is 8.66. The lowest BCUT2D eigenvalue weighted by molar-refractivity contribution is -0.141. The van der Waals surface area contributed by atoms with E-state index < -0.39 is 12.0 Å². The van der Waals surface area contributed by atoms with Crippen molar-refractivity contribution in [3.05, 3.63) is 18.2 Å². The van der Waals surface area contributed by atoms with Crippen molar-refractivity contribution in [2.75, 3.05) is 5.75 Å². The zero-order valence-electron chi connectivity index (χ0n) is 9.76. The van der Waals surface area contributed by atoms with Crippen LogP contribution in [0.5, 0.6) is 0 Å². The minimum atomic E-state index is -1.03. The monoisotopic (exact) mass is 269 g/mol. The van der Waals surface area contributed by atoms with Gasteiger partial charge in [0.1, 0.15) is 6.04 Å². The van der Waals surface area contributed by atoms with Gasteiger partial charge < -0.3 is 15.4 Å². The van der Waals surface area contributed by atoms with E-state index in [1.54, 1.807) is 18.0 Å². The van der Waals surface area contributed by atoms with Gasteiger partial charge >= 0.3 is 5.97 Å². The summed E-state index contributed by atoms with van der Waals surface area (Å²) in [4.78, 5) is 29.6. The Hall–Kier alpha value is -1.50. The normalized spacial score (nSPS) is 20.6. The first-order valence-electron chi connectivity index (χ1n) is 5.79. The van der Waals surface area contributed by atoms with Gasteiger partial charge in [0.15, 0.2) is 0 Å². The van der Waals surface area contributed by atoms with Crippen molar-refractivity contribution in [2.24, 2.45) is 0 Å². The number of imidazole rings is 1. The summed E-state index contributed by atoms with van der Waals surface area (Å²) in [5.74, 6) is -0.235. The summed E-state index contributed by atoms with van der Waals surface area (Å²) in [5.41, 5.74) is 0.696. The Morgan fingerprint density at radius 1 is 1.67 bits per heavy atom. The molecule has 1 unspecified atom stereocenters. The molecule has 0 aromatic carbocycles. The Bertz CT molecular complexity index is 415. The van der Waals surface area contributed by atoms with Crippen molar-refractivity contribution < 1.29 is 14.7 Å². The Morgan fingerprint density at radius 2 is 2.50 bits per heavy atom. The Labute approximate surface area is 109 Å². The van der Waals surface area contributed by atoms with Gasteiger partial charge in [0.05, 0.1) is 11.6 Å². The maximum Gasteiger partial charge on any atom is 0.326 e. The van der Waals surface area contributed by atoms with Crippen molar-refractivity contribution >= 4 is 23.6 Å². The summed E-state index contributed by atoms with van der Waals surface area (Å²) in [6.45, 7) is 0. The number of thioether (sulfide) groups is 1. The molecule has 1 aliphatic rings. The number of aliphatic carboxylic acids is 1. The van der Waals surface area contributed by atoms with E-state index in [0.717, 1.165) is 18.6 Å². The molecule has 1 amide bonds. The van der Waals surface area contributed by atoms with Crippen molar-refractivity contribution in [1.82, 2.24) is 15.3 Å². The van der Waals surface area contributed by atoms with Crippen LogP contribution in [-0.2, 0) is 16.0 Å². The average Bonchev–Trinajstić information content (AvgIpc) is 3.00. The molecule has 0 bridgehead atoms. The molecule has 1 aromatic heterocycles. The number of aromatic amines is 1. The van der Waals surface area contributed by atoms with Gasteiger partial charge in [0, 0.05) is 18.3 Å². The second-order valence-corrected chi connectivity index (χ2v) is 5.49. The van der Waals surface area contributed by atoms with Gasteiger partial charge in [-0.15, -0.1) is 11.8 Å². The number of nitrogens with zero attached hydrogens (tertiary/aromatic N) is 1. The molecule has 1 aromatic rings. The second kappa shape index (κ2) is 5.90. The Kier molecular flexibility index (Phi) is 4.24. The topological polar surface area (TPSA) is 95.1 Å². The molecular weight excluding hydrogens is 254 g/mol. The molecule has 1 saturated heterocycles. The van der Waals surface area contributed by atoms with Crippen LogP contribution in [0.3, 0.4) is 0 Å². The SMILES string of the molecule is O=C(N[C@@H](Cc1cnc[nH]1)C(=O)O)C1CCCS1.